The number of anilines is 1. The molecule has 164 valence electrons. The van der Waals surface area contributed by atoms with Gasteiger partial charge in [0.2, 0.25) is 0 Å². The first-order valence-electron chi connectivity index (χ1n) is 11.3. The third-order valence-electron chi connectivity index (χ3n) is 5.90. The fourth-order valence-corrected chi connectivity index (χ4v) is 4.11. The molecule has 0 amide bonds. The number of nitrogens with one attached hydrogen (secondary N) is 2. The van der Waals surface area contributed by atoms with Crippen molar-refractivity contribution in [1.29, 1.82) is 0 Å². The molecule has 1 unspecified atom stereocenters. The molecule has 0 spiro atoms. The number of nitrogens with zero attached hydrogens (tertiary/aromatic N) is 2. The normalized spacial score (nSPS) is 14.9. The van der Waals surface area contributed by atoms with Crippen molar-refractivity contribution in [2.75, 3.05) is 11.9 Å². The largest absolute Gasteiger partial charge is 0.385 e. The Kier molecular flexibility index (Phi) is 6.13. The van der Waals surface area contributed by atoms with E-state index in [1.165, 1.54) is 0 Å². The van der Waals surface area contributed by atoms with Gasteiger partial charge in [-0.3, -0.25) is 0 Å². The van der Waals surface area contributed by atoms with E-state index in [2.05, 4.69) is 82.4 Å². The molecule has 0 fully saturated rings. The summed E-state index contributed by atoms with van der Waals surface area (Å²) >= 11 is 0. The second kappa shape index (κ2) is 9.67. The number of allylic oxidation sites excluding steroid dienone is 2. The van der Waals surface area contributed by atoms with Gasteiger partial charge in [-0.25, -0.2) is 9.97 Å². The Balaban J connectivity index is 1.53. The molecule has 0 saturated carbocycles. The highest BCUT2D eigenvalue weighted by Gasteiger charge is 2.14. The highest BCUT2D eigenvalue weighted by Crippen LogP contribution is 2.35. The van der Waals surface area contributed by atoms with Crippen molar-refractivity contribution in [2.45, 2.75) is 19.0 Å². The Hall–Kier alpha value is -3.96. The number of pyridine rings is 2. The van der Waals surface area contributed by atoms with Crippen molar-refractivity contribution < 1.29 is 0 Å². The minimum Gasteiger partial charge on any atom is -0.385 e. The molecule has 3 heterocycles. The molecule has 2 aromatic heterocycles. The van der Waals surface area contributed by atoms with Gasteiger partial charge in [0.15, 0.2) is 0 Å². The minimum absolute atomic E-state index is 0.332. The molecule has 4 aromatic rings. The molecule has 0 radical (unpaired) electrons. The van der Waals surface area contributed by atoms with Crippen molar-refractivity contribution in [3.63, 3.8) is 0 Å². The Morgan fingerprint density at radius 1 is 0.939 bits per heavy atom. The molecular formula is C28H27N5. The summed E-state index contributed by atoms with van der Waals surface area (Å²) in [5.74, 6) is 0.859. The Morgan fingerprint density at radius 2 is 1.79 bits per heavy atom. The maximum atomic E-state index is 5.80. The van der Waals surface area contributed by atoms with Gasteiger partial charge in [-0.2, -0.15) is 0 Å². The summed E-state index contributed by atoms with van der Waals surface area (Å²) in [4.78, 5) is 9.72. The topological polar surface area (TPSA) is 75.9 Å². The Morgan fingerprint density at radius 3 is 2.55 bits per heavy atom. The van der Waals surface area contributed by atoms with Crippen LogP contribution in [0.25, 0.3) is 33.3 Å². The highest BCUT2D eigenvalue weighted by atomic mass is 15.0. The van der Waals surface area contributed by atoms with E-state index in [0.29, 0.717) is 12.6 Å². The lowest BCUT2D eigenvalue weighted by molar-refractivity contribution is 0.652. The van der Waals surface area contributed by atoms with E-state index < -0.39 is 0 Å². The number of dihydropyridines is 1. The molecule has 1 atom stereocenters. The number of aromatic nitrogens is 2. The molecule has 1 aliphatic rings. The summed E-state index contributed by atoms with van der Waals surface area (Å²) < 4.78 is 0. The monoisotopic (exact) mass is 433 g/mol. The Labute approximate surface area is 194 Å². The van der Waals surface area contributed by atoms with Gasteiger partial charge in [0.05, 0.1) is 11.2 Å². The lowest BCUT2D eigenvalue weighted by atomic mass is 9.97. The zero-order valence-corrected chi connectivity index (χ0v) is 18.4. The second-order valence-electron chi connectivity index (χ2n) is 8.11. The number of rotatable bonds is 7. The first-order chi connectivity index (χ1) is 16.3. The number of hydrogen-bond donors (Lipinski definition) is 3. The summed E-state index contributed by atoms with van der Waals surface area (Å²) in [6.45, 7) is 1.34. The maximum absolute atomic E-state index is 5.80. The van der Waals surface area contributed by atoms with Crippen LogP contribution in [0.1, 0.15) is 12.0 Å². The van der Waals surface area contributed by atoms with Crippen LogP contribution in [0.4, 0.5) is 5.82 Å². The second-order valence-corrected chi connectivity index (χ2v) is 8.11. The van der Waals surface area contributed by atoms with Gasteiger partial charge in [-0.05, 0) is 42.0 Å². The Bertz CT molecular complexity index is 1290. The number of hydrogen-bond acceptors (Lipinski definition) is 5. The predicted molar refractivity (Wildman–Crippen MR) is 137 cm³/mol. The van der Waals surface area contributed by atoms with Crippen LogP contribution in [0.15, 0.2) is 97.4 Å². The smallest absolute Gasteiger partial charge is 0.135 e. The molecule has 0 bridgehead atoms. The van der Waals surface area contributed by atoms with Gasteiger partial charge in [0.25, 0.3) is 0 Å². The van der Waals surface area contributed by atoms with Gasteiger partial charge in [-0.1, -0.05) is 66.7 Å². The third-order valence-corrected chi connectivity index (χ3v) is 5.90. The molecule has 33 heavy (non-hydrogen) atoms. The summed E-state index contributed by atoms with van der Waals surface area (Å²) in [7, 11) is 0. The van der Waals surface area contributed by atoms with Gasteiger partial charge < -0.3 is 16.4 Å². The quantitative estimate of drug-likeness (QED) is 0.370. The van der Waals surface area contributed by atoms with Crippen LogP contribution < -0.4 is 16.4 Å². The summed E-state index contributed by atoms with van der Waals surface area (Å²) in [6.07, 6.45) is 11.0. The SMILES string of the molecule is NCc1ccc(-c2nc3ccnc(NCCC4C=CC=CN4)c3cc2-c2ccccc2)cc1. The van der Waals surface area contributed by atoms with E-state index in [-0.39, 0.29) is 0 Å². The lowest BCUT2D eigenvalue weighted by Crippen LogP contribution is -2.26. The predicted octanol–water partition coefficient (Wildman–Crippen LogP) is 5.27. The first-order valence-corrected chi connectivity index (χ1v) is 11.3. The average molecular weight is 434 g/mol. The van der Waals surface area contributed by atoms with Crippen molar-refractivity contribution in [3.8, 4) is 22.4 Å². The molecule has 5 rings (SSSR count). The van der Waals surface area contributed by atoms with Gasteiger partial charge in [-0.15, -0.1) is 0 Å². The van der Waals surface area contributed by atoms with Crippen LogP contribution in [0.5, 0.6) is 0 Å². The van der Waals surface area contributed by atoms with E-state index in [0.717, 1.165) is 57.6 Å². The van der Waals surface area contributed by atoms with Crippen molar-refractivity contribution in [3.05, 3.63) is 103 Å². The van der Waals surface area contributed by atoms with E-state index in [1.807, 2.05) is 30.6 Å². The third kappa shape index (κ3) is 4.64. The number of benzene rings is 2. The molecular weight excluding hydrogens is 406 g/mol. The summed E-state index contributed by atoms with van der Waals surface area (Å²) in [5.41, 5.74) is 12.1. The molecule has 1 aliphatic heterocycles. The summed E-state index contributed by atoms with van der Waals surface area (Å²) in [5, 5.41) is 7.90. The molecule has 0 saturated heterocycles. The molecule has 0 aliphatic carbocycles. The van der Waals surface area contributed by atoms with Crippen molar-refractivity contribution in [1.82, 2.24) is 15.3 Å². The van der Waals surface area contributed by atoms with E-state index in [9.17, 15) is 0 Å². The minimum atomic E-state index is 0.332. The fraction of sp³-hybridized carbons (Fsp3) is 0.143. The zero-order chi connectivity index (χ0) is 22.5. The standard InChI is InChI=1S/C28H27N5/c29-19-20-9-11-22(12-10-20)27-24(21-6-2-1-3-7-21)18-25-26(33-27)14-17-32-28(25)31-16-13-23-8-4-5-15-30-23/h1-12,14-15,17-18,23,30H,13,16,19,29H2,(H,31,32). The maximum Gasteiger partial charge on any atom is 0.135 e. The van der Waals surface area contributed by atoms with Crippen LogP contribution in [-0.4, -0.2) is 22.6 Å². The number of fused-ring (bicyclic) bond motifs is 1. The van der Waals surface area contributed by atoms with E-state index >= 15 is 0 Å². The van der Waals surface area contributed by atoms with Crippen LogP contribution in [0.3, 0.4) is 0 Å². The van der Waals surface area contributed by atoms with Crippen LogP contribution >= 0.6 is 0 Å². The van der Waals surface area contributed by atoms with E-state index in [1.54, 1.807) is 0 Å². The van der Waals surface area contributed by atoms with Crippen molar-refractivity contribution >= 4 is 16.7 Å². The van der Waals surface area contributed by atoms with Crippen molar-refractivity contribution in [2.24, 2.45) is 5.73 Å². The van der Waals surface area contributed by atoms with Gasteiger partial charge in [0, 0.05) is 41.8 Å². The van der Waals surface area contributed by atoms with Gasteiger partial charge >= 0.3 is 0 Å². The molecule has 5 heteroatoms. The molecule has 2 aromatic carbocycles. The van der Waals surface area contributed by atoms with Crippen LogP contribution in [-0.2, 0) is 6.54 Å². The fourth-order valence-electron chi connectivity index (χ4n) is 4.11. The molecule has 5 nitrogen and oxygen atoms in total. The zero-order valence-electron chi connectivity index (χ0n) is 18.4. The highest BCUT2D eigenvalue weighted by molar-refractivity contribution is 5.96. The molecule has 4 N–H and O–H groups in total. The summed E-state index contributed by atoms with van der Waals surface area (Å²) in [6, 6.07) is 23.2. The van der Waals surface area contributed by atoms with Crippen LogP contribution in [0, 0.1) is 0 Å². The van der Waals surface area contributed by atoms with Crippen LogP contribution in [0.2, 0.25) is 0 Å². The first kappa shape index (κ1) is 20.9. The lowest BCUT2D eigenvalue weighted by Gasteiger charge is -2.17. The number of nitrogens with two attached hydrogens (primary N) is 1. The average Bonchev–Trinajstić information content (AvgIpc) is 2.89. The van der Waals surface area contributed by atoms with Gasteiger partial charge in [0.1, 0.15) is 5.82 Å². The van der Waals surface area contributed by atoms with E-state index in [4.69, 9.17) is 10.7 Å².